The van der Waals surface area contributed by atoms with E-state index in [-0.39, 0.29) is 29.4 Å². The zero-order valence-electron chi connectivity index (χ0n) is 21.4. The molecule has 2 heterocycles. The van der Waals surface area contributed by atoms with E-state index in [0.29, 0.717) is 12.3 Å². The normalized spacial score (nSPS) is 18.6. The molecule has 0 saturated heterocycles. The molecule has 3 aromatic rings. The highest BCUT2D eigenvalue weighted by molar-refractivity contribution is 7.89. The van der Waals surface area contributed by atoms with Crippen LogP contribution in [0.1, 0.15) is 59.7 Å². The molecule has 2 aliphatic rings. The Morgan fingerprint density at radius 2 is 1.76 bits per heavy atom. The Morgan fingerprint density at radius 1 is 1.03 bits per heavy atom. The number of fused-ring (bicyclic) bond motifs is 1. The van der Waals surface area contributed by atoms with Gasteiger partial charge in [0.2, 0.25) is 15.9 Å². The van der Waals surface area contributed by atoms with E-state index in [2.05, 4.69) is 30.5 Å². The first kappa shape index (κ1) is 25.9. The van der Waals surface area contributed by atoms with Crippen LogP contribution in [-0.4, -0.2) is 49.8 Å². The van der Waals surface area contributed by atoms with Gasteiger partial charge in [-0.05, 0) is 78.6 Å². The maximum absolute atomic E-state index is 14.1. The third-order valence-electron chi connectivity index (χ3n) is 7.71. The van der Waals surface area contributed by atoms with Crippen molar-refractivity contribution in [1.29, 1.82) is 0 Å². The molecule has 1 saturated carbocycles. The molecule has 2 aromatic carbocycles. The first-order chi connectivity index (χ1) is 17.9. The molecule has 8 heteroatoms. The molecule has 37 heavy (non-hydrogen) atoms. The van der Waals surface area contributed by atoms with Crippen LogP contribution in [0, 0.1) is 6.92 Å². The van der Waals surface area contributed by atoms with Crippen molar-refractivity contribution in [3.8, 4) is 5.75 Å². The summed E-state index contributed by atoms with van der Waals surface area (Å²) >= 11 is 1.73. The van der Waals surface area contributed by atoms with Gasteiger partial charge >= 0.3 is 0 Å². The minimum atomic E-state index is -3.87. The van der Waals surface area contributed by atoms with Gasteiger partial charge in [0.1, 0.15) is 5.75 Å². The van der Waals surface area contributed by atoms with Crippen molar-refractivity contribution >= 4 is 27.3 Å². The lowest BCUT2D eigenvalue weighted by Gasteiger charge is -2.39. The van der Waals surface area contributed by atoms with E-state index in [9.17, 15) is 13.2 Å². The highest BCUT2D eigenvalue weighted by Crippen LogP contribution is 2.39. The summed E-state index contributed by atoms with van der Waals surface area (Å²) in [4.78, 5) is 17.5. The van der Waals surface area contributed by atoms with E-state index in [0.717, 1.165) is 55.2 Å². The molecule has 6 nitrogen and oxygen atoms in total. The van der Waals surface area contributed by atoms with Crippen LogP contribution in [0.3, 0.4) is 0 Å². The molecular formula is C29H34N2O4S2. The number of carbonyl (C=O) groups is 1. The standard InChI is InChI=1S/C29H34N2O4S2/c1-21-8-6-7-11-25(21)29-26-17-19-36-27(26)16-18-30(29)28(32)20-31(22-9-4-3-5-10-22)37(33,34)24-14-12-23(35-2)13-15-24/h6-8,11-15,17,19,22,29H,3-5,9-10,16,18,20H2,1-2H3. The molecule has 1 aliphatic carbocycles. The molecule has 0 N–H and O–H groups in total. The maximum Gasteiger partial charge on any atom is 0.243 e. The van der Waals surface area contributed by atoms with Crippen molar-refractivity contribution in [1.82, 2.24) is 9.21 Å². The molecule has 1 unspecified atom stereocenters. The topological polar surface area (TPSA) is 66.9 Å². The number of hydrogen-bond acceptors (Lipinski definition) is 5. The molecule has 0 spiro atoms. The molecule has 1 atom stereocenters. The smallest absolute Gasteiger partial charge is 0.243 e. The van der Waals surface area contributed by atoms with Crippen LogP contribution < -0.4 is 4.74 Å². The fraction of sp³-hybridized carbons (Fsp3) is 0.414. The number of sulfonamides is 1. The Labute approximate surface area is 223 Å². The third kappa shape index (κ3) is 5.19. The predicted octanol–water partition coefficient (Wildman–Crippen LogP) is 5.56. The van der Waals surface area contributed by atoms with Gasteiger partial charge in [-0.3, -0.25) is 4.79 Å². The average Bonchev–Trinajstić information content (AvgIpc) is 3.41. The number of thiophene rings is 1. The van der Waals surface area contributed by atoms with Gasteiger partial charge in [0.25, 0.3) is 0 Å². The number of carbonyl (C=O) groups excluding carboxylic acids is 1. The summed E-state index contributed by atoms with van der Waals surface area (Å²) in [7, 11) is -2.31. The van der Waals surface area contributed by atoms with Crippen molar-refractivity contribution < 1.29 is 17.9 Å². The zero-order chi connectivity index (χ0) is 26.0. The van der Waals surface area contributed by atoms with E-state index in [1.165, 1.54) is 9.18 Å². The summed E-state index contributed by atoms with van der Waals surface area (Å²) in [6, 6.07) is 16.4. The van der Waals surface area contributed by atoms with Crippen molar-refractivity contribution in [3.63, 3.8) is 0 Å². The van der Waals surface area contributed by atoms with Gasteiger partial charge in [-0.15, -0.1) is 11.3 Å². The largest absolute Gasteiger partial charge is 0.497 e. The van der Waals surface area contributed by atoms with Gasteiger partial charge in [0.15, 0.2) is 0 Å². The van der Waals surface area contributed by atoms with Gasteiger partial charge in [0, 0.05) is 17.5 Å². The molecule has 5 rings (SSSR count). The lowest BCUT2D eigenvalue weighted by atomic mass is 9.90. The molecule has 196 valence electrons. The number of aryl methyl sites for hydroxylation is 1. The second-order valence-electron chi connectivity index (χ2n) is 9.91. The molecule has 0 bridgehead atoms. The quantitative estimate of drug-likeness (QED) is 0.395. The monoisotopic (exact) mass is 538 g/mol. The van der Waals surface area contributed by atoms with E-state index >= 15 is 0 Å². The Kier molecular flexibility index (Phi) is 7.70. The van der Waals surface area contributed by atoms with Crippen LogP contribution in [0.4, 0.5) is 0 Å². The summed E-state index contributed by atoms with van der Waals surface area (Å²) in [5.41, 5.74) is 3.37. The van der Waals surface area contributed by atoms with Crippen LogP contribution in [0.15, 0.2) is 64.9 Å². The summed E-state index contributed by atoms with van der Waals surface area (Å²) in [6.07, 6.45) is 5.39. The van der Waals surface area contributed by atoms with E-state index < -0.39 is 10.0 Å². The summed E-state index contributed by atoms with van der Waals surface area (Å²) in [5, 5.41) is 2.09. The first-order valence-corrected chi connectivity index (χ1v) is 15.3. The molecule has 1 fully saturated rings. The SMILES string of the molecule is COc1ccc(S(=O)(=O)N(CC(=O)N2CCc3sccc3C2c2ccccc2C)C2CCCCC2)cc1. The summed E-state index contributed by atoms with van der Waals surface area (Å²) < 4.78 is 34.6. The van der Waals surface area contributed by atoms with Gasteiger partial charge in [-0.2, -0.15) is 4.31 Å². The van der Waals surface area contributed by atoms with Crippen molar-refractivity contribution in [2.75, 3.05) is 20.2 Å². The molecular weight excluding hydrogens is 504 g/mol. The van der Waals surface area contributed by atoms with Crippen LogP contribution in [0.2, 0.25) is 0 Å². The van der Waals surface area contributed by atoms with Gasteiger partial charge in [0.05, 0.1) is 24.6 Å². The number of benzene rings is 2. The summed E-state index contributed by atoms with van der Waals surface area (Å²) in [5.74, 6) is 0.452. The summed E-state index contributed by atoms with van der Waals surface area (Å²) in [6.45, 7) is 2.49. The minimum Gasteiger partial charge on any atom is -0.497 e. The number of amides is 1. The van der Waals surface area contributed by atoms with Gasteiger partial charge in [-0.1, -0.05) is 43.5 Å². The Bertz CT molecular complexity index is 1340. The molecule has 1 aromatic heterocycles. The fourth-order valence-corrected chi connectivity index (χ4v) is 8.24. The zero-order valence-corrected chi connectivity index (χ0v) is 23.1. The molecule has 1 amide bonds. The lowest BCUT2D eigenvalue weighted by molar-refractivity contribution is -0.134. The van der Waals surface area contributed by atoms with Gasteiger partial charge < -0.3 is 9.64 Å². The third-order valence-corrected chi connectivity index (χ3v) is 10.6. The van der Waals surface area contributed by atoms with Crippen LogP contribution in [0.25, 0.3) is 0 Å². The Balaban J connectivity index is 1.49. The van der Waals surface area contributed by atoms with Gasteiger partial charge in [-0.25, -0.2) is 8.42 Å². The highest BCUT2D eigenvalue weighted by Gasteiger charge is 2.38. The maximum atomic E-state index is 14.1. The van der Waals surface area contributed by atoms with Crippen molar-refractivity contribution in [2.24, 2.45) is 0 Å². The second-order valence-corrected chi connectivity index (χ2v) is 12.8. The van der Waals surface area contributed by atoms with Crippen LogP contribution in [-0.2, 0) is 21.2 Å². The van der Waals surface area contributed by atoms with E-state index in [1.54, 1.807) is 42.7 Å². The number of methoxy groups -OCH3 is 1. The number of ether oxygens (including phenoxy) is 1. The lowest BCUT2D eigenvalue weighted by Crippen LogP contribution is -2.50. The minimum absolute atomic E-state index is 0.146. The average molecular weight is 539 g/mol. The fourth-order valence-electron chi connectivity index (χ4n) is 5.70. The van der Waals surface area contributed by atoms with Crippen LogP contribution >= 0.6 is 11.3 Å². The number of rotatable bonds is 7. The Morgan fingerprint density at radius 3 is 2.46 bits per heavy atom. The molecule has 0 radical (unpaired) electrons. The van der Waals surface area contributed by atoms with Crippen molar-refractivity contribution in [2.45, 2.75) is 62.4 Å². The molecule has 1 aliphatic heterocycles. The number of nitrogens with zero attached hydrogens (tertiary/aromatic N) is 2. The second kappa shape index (κ2) is 11.0. The number of hydrogen-bond donors (Lipinski definition) is 0. The Hall–Kier alpha value is -2.68. The first-order valence-electron chi connectivity index (χ1n) is 13.0. The van der Waals surface area contributed by atoms with E-state index in [4.69, 9.17) is 4.74 Å². The highest BCUT2D eigenvalue weighted by atomic mass is 32.2. The van der Waals surface area contributed by atoms with Crippen LogP contribution in [0.5, 0.6) is 5.75 Å². The van der Waals surface area contributed by atoms with E-state index in [1.807, 2.05) is 17.0 Å². The predicted molar refractivity (Wildman–Crippen MR) is 147 cm³/mol. The van der Waals surface area contributed by atoms with Crippen molar-refractivity contribution in [3.05, 3.63) is 81.5 Å².